The Balaban J connectivity index is 0.000000270. The minimum absolute atomic E-state index is 0.108. The molecule has 3 aromatic rings. The van der Waals surface area contributed by atoms with Crippen LogP contribution in [0.15, 0.2) is 54.6 Å². The lowest BCUT2D eigenvalue weighted by atomic mass is 10.2. The highest BCUT2D eigenvalue weighted by molar-refractivity contribution is 6.34. The molecule has 34 heavy (non-hydrogen) atoms. The van der Waals surface area contributed by atoms with Crippen molar-refractivity contribution in [3.8, 4) is 11.5 Å². The first kappa shape index (κ1) is 26.0. The SMILES string of the molecule is O=C(O)c1ccc(F)c([N+](=O)[O-])c1.O=C(O)c1ccc(Oc2cc(Cl)cc(Cl)c2)c([N+](=O)[O-])c1. The van der Waals surface area contributed by atoms with Crippen LogP contribution in [-0.2, 0) is 0 Å². The maximum atomic E-state index is 12.6. The van der Waals surface area contributed by atoms with Crippen molar-refractivity contribution in [1.82, 2.24) is 0 Å². The summed E-state index contributed by atoms with van der Waals surface area (Å²) in [4.78, 5) is 40.7. The molecule has 0 saturated carbocycles. The number of ether oxygens (including phenoxy) is 1. The lowest BCUT2D eigenvalue weighted by Crippen LogP contribution is -2.00. The van der Waals surface area contributed by atoms with Gasteiger partial charge >= 0.3 is 23.3 Å². The molecule has 0 aliphatic carbocycles. The zero-order valence-electron chi connectivity index (χ0n) is 16.5. The fourth-order valence-corrected chi connectivity index (χ4v) is 2.89. The van der Waals surface area contributed by atoms with Gasteiger partial charge in [-0.05, 0) is 42.5 Å². The molecular formula is C20H11Cl2FN2O9. The standard InChI is InChI=1S/C13H7Cl2NO5.C7H4FNO4/c14-8-4-9(15)6-10(5-8)21-12-2-1-7(13(17)18)3-11(12)16(19)20;8-5-2-1-4(7(10)11)3-6(5)9(12)13/h1-6H,(H,17,18);1-3H,(H,10,11). The second kappa shape index (κ2) is 11.0. The van der Waals surface area contributed by atoms with Gasteiger partial charge in [-0.25, -0.2) is 9.59 Å². The maximum Gasteiger partial charge on any atom is 0.335 e. The van der Waals surface area contributed by atoms with Crippen molar-refractivity contribution in [2.75, 3.05) is 0 Å². The van der Waals surface area contributed by atoms with E-state index in [0.29, 0.717) is 16.1 Å². The van der Waals surface area contributed by atoms with Crippen molar-refractivity contribution in [3.05, 3.63) is 102 Å². The zero-order chi connectivity index (χ0) is 25.6. The average molecular weight is 513 g/mol. The van der Waals surface area contributed by atoms with Gasteiger partial charge in [0.2, 0.25) is 11.6 Å². The van der Waals surface area contributed by atoms with Crippen LogP contribution in [0.1, 0.15) is 20.7 Å². The number of aromatic carboxylic acids is 2. The molecule has 11 nitrogen and oxygen atoms in total. The van der Waals surface area contributed by atoms with Gasteiger partial charge in [0.1, 0.15) is 5.75 Å². The van der Waals surface area contributed by atoms with Crippen molar-refractivity contribution in [2.24, 2.45) is 0 Å². The maximum absolute atomic E-state index is 12.6. The summed E-state index contributed by atoms with van der Waals surface area (Å²) in [7, 11) is 0. The number of carbonyl (C=O) groups is 2. The van der Waals surface area contributed by atoms with Crippen molar-refractivity contribution in [3.63, 3.8) is 0 Å². The van der Waals surface area contributed by atoms with Crippen molar-refractivity contribution >= 4 is 46.5 Å². The van der Waals surface area contributed by atoms with Crippen LogP contribution in [0.2, 0.25) is 10.0 Å². The van der Waals surface area contributed by atoms with E-state index >= 15 is 0 Å². The summed E-state index contributed by atoms with van der Waals surface area (Å²) >= 11 is 11.6. The van der Waals surface area contributed by atoms with Gasteiger partial charge in [0.15, 0.2) is 0 Å². The number of nitrogens with zero attached hydrogens (tertiary/aromatic N) is 2. The topological polar surface area (TPSA) is 170 Å². The molecule has 0 heterocycles. The Morgan fingerprint density at radius 1 is 0.794 bits per heavy atom. The number of benzene rings is 3. The predicted octanol–water partition coefficient (Wildman–Crippen LogP) is 5.82. The number of carboxylic acid groups (broad SMARTS) is 2. The van der Waals surface area contributed by atoms with Crippen LogP contribution in [-0.4, -0.2) is 32.0 Å². The van der Waals surface area contributed by atoms with Gasteiger partial charge in [0.05, 0.1) is 21.0 Å². The molecule has 0 unspecified atom stereocenters. The number of rotatable bonds is 6. The summed E-state index contributed by atoms with van der Waals surface area (Å²) < 4.78 is 18.0. The van der Waals surface area contributed by atoms with Crippen molar-refractivity contribution in [2.45, 2.75) is 0 Å². The molecule has 0 aromatic heterocycles. The minimum atomic E-state index is -1.33. The Morgan fingerprint density at radius 2 is 1.26 bits per heavy atom. The van der Waals surface area contributed by atoms with Crippen LogP contribution < -0.4 is 4.74 Å². The van der Waals surface area contributed by atoms with E-state index in [1.165, 1.54) is 30.3 Å². The Labute approximate surface area is 198 Å². The molecule has 0 spiro atoms. The van der Waals surface area contributed by atoms with Crippen LogP contribution in [0.25, 0.3) is 0 Å². The number of halogens is 3. The quantitative estimate of drug-likeness (QED) is 0.304. The van der Waals surface area contributed by atoms with Crippen molar-refractivity contribution < 1.29 is 38.8 Å². The molecule has 14 heteroatoms. The molecule has 176 valence electrons. The van der Waals surface area contributed by atoms with Gasteiger partial charge in [0.25, 0.3) is 0 Å². The van der Waals surface area contributed by atoms with E-state index in [2.05, 4.69) is 0 Å². The summed E-state index contributed by atoms with van der Waals surface area (Å²) in [6.45, 7) is 0. The zero-order valence-corrected chi connectivity index (χ0v) is 18.0. The highest BCUT2D eigenvalue weighted by Gasteiger charge is 2.19. The molecule has 0 aliphatic rings. The van der Waals surface area contributed by atoms with Gasteiger partial charge in [0, 0.05) is 22.2 Å². The van der Waals surface area contributed by atoms with E-state index < -0.39 is 39.0 Å². The molecule has 3 rings (SSSR count). The number of hydrogen-bond donors (Lipinski definition) is 2. The minimum Gasteiger partial charge on any atom is -0.478 e. The molecule has 0 fully saturated rings. The van der Waals surface area contributed by atoms with Crippen LogP contribution in [0.5, 0.6) is 11.5 Å². The first-order chi connectivity index (χ1) is 15.9. The first-order valence-corrected chi connectivity index (χ1v) is 9.47. The van der Waals surface area contributed by atoms with Gasteiger partial charge < -0.3 is 14.9 Å². The lowest BCUT2D eigenvalue weighted by molar-refractivity contribution is -0.387. The molecule has 0 bridgehead atoms. The van der Waals surface area contributed by atoms with Gasteiger partial charge in [-0.15, -0.1) is 0 Å². The molecule has 0 radical (unpaired) electrons. The molecule has 0 aliphatic heterocycles. The second-order valence-corrected chi connectivity index (χ2v) is 7.05. The second-order valence-electron chi connectivity index (χ2n) is 6.18. The molecule has 2 N–H and O–H groups in total. The average Bonchev–Trinajstić information content (AvgIpc) is 2.73. The normalized spacial score (nSPS) is 9.97. The number of carboxylic acids is 2. The van der Waals surface area contributed by atoms with Gasteiger partial charge in [-0.1, -0.05) is 23.2 Å². The lowest BCUT2D eigenvalue weighted by Gasteiger charge is -2.07. The van der Waals surface area contributed by atoms with E-state index in [0.717, 1.165) is 18.2 Å². The third kappa shape index (κ3) is 6.85. The fourth-order valence-electron chi connectivity index (χ4n) is 2.38. The summed E-state index contributed by atoms with van der Waals surface area (Å²) in [6.07, 6.45) is 0. The van der Waals surface area contributed by atoms with E-state index in [-0.39, 0.29) is 22.6 Å². The highest BCUT2D eigenvalue weighted by Crippen LogP contribution is 2.34. The monoisotopic (exact) mass is 512 g/mol. The Kier molecular flexibility index (Phi) is 8.42. The molecule has 0 saturated heterocycles. The van der Waals surface area contributed by atoms with E-state index in [1.54, 1.807) is 0 Å². The summed E-state index contributed by atoms with van der Waals surface area (Å²) in [5.74, 6) is -3.55. The number of nitro benzene ring substituents is 2. The summed E-state index contributed by atoms with van der Waals surface area (Å²) in [5, 5.41) is 39.1. The Bertz CT molecular complexity index is 1280. The largest absolute Gasteiger partial charge is 0.478 e. The summed E-state index contributed by atoms with van der Waals surface area (Å²) in [6, 6.07) is 10.1. The number of hydrogen-bond acceptors (Lipinski definition) is 7. The van der Waals surface area contributed by atoms with E-state index in [1.807, 2.05) is 0 Å². The first-order valence-electron chi connectivity index (χ1n) is 8.72. The summed E-state index contributed by atoms with van der Waals surface area (Å²) in [5.41, 5.74) is -1.82. The van der Waals surface area contributed by atoms with Gasteiger partial charge in [-0.2, -0.15) is 4.39 Å². The van der Waals surface area contributed by atoms with Gasteiger partial charge in [-0.3, -0.25) is 20.2 Å². The predicted molar refractivity (Wildman–Crippen MR) is 117 cm³/mol. The molecule has 3 aromatic carbocycles. The van der Waals surface area contributed by atoms with E-state index in [4.69, 9.17) is 38.2 Å². The van der Waals surface area contributed by atoms with E-state index in [9.17, 15) is 34.2 Å². The molecule has 0 atom stereocenters. The molecular weight excluding hydrogens is 502 g/mol. The smallest absolute Gasteiger partial charge is 0.335 e. The Morgan fingerprint density at radius 3 is 1.74 bits per heavy atom. The van der Waals surface area contributed by atoms with Crippen LogP contribution >= 0.6 is 23.2 Å². The van der Waals surface area contributed by atoms with Crippen LogP contribution in [0.4, 0.5) is 15.8 Å². The molecule has 0 amide bonds. The fraction of sp³-hybridized carbons (Fsp3) is 0. The third-order valence-corrected chi connectivity index (χ3v) is 4.29. The number of nitro groups is 2. The van der Waals surface area contributed by atoms with Crippen LogP contribution in [0, 0.1) is 26.0 Å². The Hall–Kier alpha value is -4.29. The third-order valence-electron chi connectivity index (χ3n) is 3.86. The van der Waals surface area contributed by atoms with Crippen molar-refractivity contribution in [1.29, 1.82) is 0 Å². The highest BCUT2D eigenvalue weighted by atomic mass is 35.5. The van der Waals surface area contributed by atoms with Crippen LogP contribution in [0.3, 0.4) is 0 Å².